The van der Waals surface area contributed by atoms with Crippen molar-refractivity contribution < 1.29 is 0 Å². The Labute approximate surface area is 113 Å². The molecule has 4 rings (SSSR count). The molecule has 5 heteroatoms. The van der Waals surface area contributed by atoms with Crippen LogP contribution >= 0.6 is 11.6 Å². The van der Waals surface area contributed by atoms with Gasteiger partial charge in [0.05, 0.1) is 34.6 Å². The molecule has 4 aromatic rings. The predicted octanol–water partition coefficient (Wildman–Crippen LogP) is 3.56. The third kappa shape index (κ3) is 1.47. The number of rotatable bonds is 1. The SMILES string of the molecule is Clc1ccc2c3[nH]ncc3n(-c3cccnc3)c2c1. The third-order valence-electron chi connectivity index (χ3n) is 3.23. The fraction of sp³-hybridized carbons (Fsp3) is 0. The van der Waals surface area contributed by atoms with Gasteiger partial charge in [0.15, 0.2) is 0 Å². The number of pyridine rings is 1. The van der Waals surface area contributed by atoms with Gasteiger partial charge >= 0.3 is 0 Å². The summed E-state index contributed by atoms with van der Waals surface area (Å²) in [6.07, 6.45) is 5.40. The molecule has 92 valence electrons. The van der Waals surface area contributed by atoms with E-state index in [-0.39, 0.29) is 0 Å². The van der Waals surface area contributed by atoms with Gasteiger partial charge in [-0.1, -0.05) is 11.6 Å². The summed E-state index contributed by atoms with van der Waals surface area (Å²) >= 11 is 6.12. The summed E-state index contributed by atoms with van der Waals surface area (Å²) in [6, 6.07) is 9.78. The Hall–Kier alpha value is -2.33. The van der Waals surface area contributed by atoms with Crippen LogP contribution in [-0.4, -0.2) is 19.7 Å². The lowest BCUT2D eigenvalue weighted by Gasteiger charge is -2.05. The van der Waals surface area contributed by atoms with Gasteiger partial charge in [-0.25, -0.2) is 0 Å². The van der Waals surface area contributed by atoms with Gasteiger partial charge in [0.2, 0.25) is 0 Å². The maximum Gasteiger partial charge on any atom is 0.0923 e. The van der Waals surface area contributed by atoms with Crippen molar-refractivity contribution in [3.63, 3.8) is 0 Å². The minimum absolute atomic E-state index is 0.714. The highest BCUT2D eigenvalue weighted by atomic mass is 35.5. The van der Waals surface area contributed by atoms with Crippen LogP contribution < -0.4 is 0 Å². The Bertz CT molecular complexity index is 876. The highest BCUT2D eigenvalue weighted by Gasteiger charge is 2.13. The standard InChI is InChI=1S/C14H9ClN4/c15-9-3-4-11-12(6-9)19(10-2-1-5-16-7-10)13-8-17-18-14(11)13/h1-8H,(H,17,18). The summed E-state index contributed by atoms with van der Waals surface area (Å²) in [6.45, 7) is 0. The number of hydrogen-bond acceptors (Lipinski definition) is 2. The van der Waals surface area contributed by atoms with Crippen LogP contribution in [-0.2, 0) is 0 Å². The van der Waals surface area contributed by atoms with Crippen LogP contribution in [0.1, 0.15) is 0 Å². The monoisotopic (exact) mass is 268 g/mol. The van der Waals surface area contributed by atoms with Crippen molar-refractivity contribution in [2.24, 2.45) is 0 Å². The first-order chi connectivity index (χ1) is 9.34. The second kappa shape index (κ2) is 3.83. The van der Waals surface area contributed by atoms with Gasteiger partial charge in [0, 0.05) is 16.6 Å². The number of aromatic nitrogens is 4. The van der Waals surface area contributed by atoms with Crippen LogP contribution in [0.2, 0.25) is 5.02 Å². The first kappa shape index (κ1) is 10.6. The molecule has 0 aliphatic carbocycles. The number of aromatic amines is 1. The van der Waals surface area contributed by atoms with Crippen molar-refractivity contribution in [3.05, 3.63) is 53.9 Å². The molecule has 0 aliphatic rings. The zero-order valence-electron chi connectivity index (χ0n) is 9.84. The molecule has 0 spiro atoms. The molecule has 0 saturated heterocycles. The zero-order chi connectivity index (χ0) is 12.8. The lowest BCUT2D eigenvalue weighted by molar-refractivity contribution is 1.11. The highest BCUT2D eigenvalue weighted by Crippen LogP contribution is 2.31. The number of H-pyrrole nitrogens is 1. The van der Waals surface area contributed by atoms with Gasteiger partial charge in [0.1, 0.15) is 0 Å². The van der Waals surface area contributed by atoms with Crippen molar-refractivity contribution >= 4 is 33.5 Å². The molecule has 0 amide bonds. The summed E-state index contributed by atoms with van der Waals surface area (Å²) in [5.74, 6) is 0. The molecule has 0 saturated carbocycles. The Morgan fingerprint density at radius 2 is 2.05 bits per heavy atom. The quantitative estimate of drug-likeness (QED) is 0.574. The van der Waals surface area contributed by atoms with Crippen LogP contribution in [0.25, 0.3) is 27.6 Å². The van der Waals surface area contributed by atoms with E-state index in [1.54, 1.807) is 6.20 Å². The van der Waals surface area contributed by atoms with E-state index in [4.69, 9.17) is 11.6 Å². The van der Waals surface area contributed by atoms with E-state index in [0.29, 0.717) is 5.02 Å². The number of nitrogens with one attached hydrogen (secondary N) is 1. The first-order valence-corrected chi connectivity index (χ1v) is 6.26. The van der Waals surface area contributed by atoms with Crippen molar-refractivity contribution in [1.29, 1.82) is 0 Å². The van der Waals surface area contributed by atoms with Gasteiger partial charge < -0.3 is 4.57 Å². The number of hydrogen-bond donors (Lipinski definition) is 1. The molecule has 19 heavy (non-hydrogen) atoms. The average molecular weight is 269 g/mol. The van der Waals surface area contributed by atoms with Crippen LogP contribution in [0.4, 0.5) is 0 Å². The Kier molecular flexibility index (Phi) is 2.13. The summed E-state index contributed by atoms with van der Waals surface area (Å²) < 4.78 is 2.10. The molecule has 3 heterocycles. The van der Waals surface area contributed by atoms with Gasteiger partial charge in [-0.3, -0.25) is 10.1 Å². The molecule has 0 unspecified atom stereocenters. The molecule has 1 N–H and O–H groups in total. The van der Waals surface area contributed by atoms with Crippen molar-refractivity contribution in [2.45, 2.75) is 0 Å². The second-order valence-electron chi connectivity index (χ2n) is 4.34. The van der Waals surface area contributed by atoms with Crippen molar-refractivity contribution in [3.8, 4) is 5.69 Å². The van der Waals surface area contributed by atoms with Gasteiger partial charge in [-0.2, -0.15) is 5.10 Å². The van der Waals surface area contributed by atoms with E-state index in [9.17, 15) is 0 Å². The number of halogens is 1. The minimum Gasteiger partial charge on any atom is -0.305 e. The number of nitrogens with zero attached hydrogens (tertiary/aromatic N) is 3. The second-order valence-corrected chi connectivity index (χ2v) is 4.77. The van der Waals surface area contributed by atoms with E-state index in [1.165, 1.54) is 0 Å². The smallest absolute Gasteiger partial charge is 0.0923 e. The molecule has 1 aromatic carbocycles. The zero-order valence-corrected chi connectivity index (χ0v) is 10.6. The van der Waals surface area contributed by atoms with E-state index in [2.05, 4.69) is 19.7 Å². The molecule has 0 bridgehead atoms. The molecule has 0 fully saturated rings. The minimum atomic E-state index is 0.714. The highest BCUT2D eigenvalue weighted by molar-refractivity contribution is 6.31. The summed E-state index contributed by atoms with van der Waals surface area (Å²) in [7, 11) is 0. The van der Waals surface area contributed by atoms with E-state index >= 15 is 0 Å². The Balaban J connectivity index is 2.21. The lowest BCUT2D eigenvalue weighted by Crippen LogP contribution is -1.93. The van der Waals surface area contributed by atoms with Crippen LogP contribution in [0.15, 0.2) is 48.9 Å². The lowest BCUT2D eigenvalue weighted by atomic mass is 10.2. The summed E-state index contributed by atoms with van der Waals surface area (Å²) in [5.41, 5.74) is 4.07. The topological polar surface area (TPSA) is 46.5 Å². The maximum absolute atomic E-state index is 6.12. The largest absolute Gasteiger partial charge is 0.305 e. The first-order valence-electron chi connectivity index (χ1n) is 5.88. The van der Waals surface area contributed by atoms with Crippen LogP contribution in [0, 0.1) is 0 Å². The van der Waals surface area contributed by atoms with E-state index in [1.807, 2.05) is 42.7 Å². The Morgan fingerprint density at radius 3 is 2.89 bits per heavy atom. The molecule has 0 aliphatic heterocycles. The number of fused-ring (bicyclic) bond motifs is 3. The normalized spacial score (nSPS) is 11.4. The Morgan fingerprint density at radius 1 is 1.11 bits per heavy atom. The summed E-state index contributed by atoms with van der Waals surface area (Å²) in [4.78, 5) is 4.18. The average Bonchev–Trinajstić information content (AvgIpc) is 2.99. The fourth-order valence-electron chi connectivity index (χ4n) is 2.44. The summed E-state index contributed by atoms with van der Waals surface area (Å²) in [5, 5.41) is 8.97. The van der Waals surface area contributed by atoms with Crippen molar-refractivity contribution in [2.75, 3.05) is 0 Å². The third-order valence-corrected chi connectivity index (χ3v) is 3.47. The van der Waals surface area contributed by atoms with Crippen LogP contribution in [0.5, 0.6) is 0 Å². The molecule has 3 aromatic heterocycles. The van der Waals surface area contributed by atoms with E-state index in [0.717, 1.165) is 27.6 Å². The molecule has 4 nitrogen and oxygen atoms in total. The number of benzene rings is 1. The van der Waals surface area contributed by atoms with Gasteiger partial charge in [-0.15, -0.1) is 0 Å². The molecular weight excluding hydrogens is 260 g/mol. The predicted molar refractivity (Wildman–Crippen MR) is 75.7 cm³/mol. The fourth-order valence-corrected chi connectivity index (χ4v) is 2.61. The van der Waals surface area contributed by atoms with Gasteiger partial charge in [-0.05, 0) is 30.3 Å². The van der Waals surface area contributed by atoms with Gasteiger partial charge in [0.25, 0.3) is 0 Å². The van der Waals surface area contributed by atoms with E-state index < -0.39 is 0 Å². The molecule has 0 radical (unpaired) electrons. The molecule has 0 atom stereocenters. The van der Waals surface area contributed by atoms with Crippen LogP contribution in [0.3, 0.4) is 0 Å². The van der Waals surface area contributed by atoms with Crippen molar-refractivity contribution in [1.82, 2.24) is 19.7 Å². The maximum atomic E-state index is 6.12. The molecular formula is C14H9ClN4.